The average molecular weight is 426 g/mol. The summed E-state index contributed by atoms with van der Waals surface area (Å²) >= 11 is 0. The molecule has 1 aromatic carbocycles. The van der Waals surface area contributed by atoms with Gasteiger partial charge >= 0.3 is 0 Å². The van der Waals surface area contributed by atoms with Crippen LogP contribution in [0.25, 0.3) is 0 Å². The zero-order valence-corrected chi connectivity index (χ0v) is 18.5. The lowest BCUT2D eigenvalue weighted by molar-refractivity contribution is -0.135. The number of aromatic nitrogens is 1. The number of carbonyl (C=O) groups is 2. The highest BCUT2D eigenvalue weighted by molar-refractivity contribution is 5.95. The second kappa shape index (κ2) is 10.8. The molecule has 166 valence electrons. The van der Waals surface area contributed by atoms with E-state index in [-0.39, 0.29) is 23.8 Å². The van der Waals surface area contributed by atoms with E-state index in [9.17, 15) is 9.59 Å². The summed E-state index contributed by atoms with van der Waals surface area (Å²) in [6.07, 6.45) is 4.96. The van der Waals surface area contributed by atoms with Crippen LogP contribution in [-0.2, 0) is 11.4 Å². The third kappa shape index (κ3) is 6.20. The van der Waals surface area contributed by atoms with Crippen LogP contribution in [0.3, 0.4) is 0 Å². The van der Waals surface area contributed by atoms with Gasteiger partial charge in [0.2, 0.25) is 5.91 Å². The summed E-state index contributed by atoms with van der Waals surface area (Å²) in [5.74, 6) is 1.17. The highest BCUT2D eigenvalue weighted by Gasteiger charge is 2.25. The zero-order chi connectivity index (χ0) is 22.2. The second-order valence-corrected chi connectivity index (χ2v) is 7.97. The molecule has 1 aromatic heterocycles. The highest BCUT2D eigenvalue weighted by Crippen LogP contribution is 2.29. The van der Waals surface area contributed by atoms with Crippen LogP contribution in [0.4, 0.5) is 0 Å². The van der Waals surface area contributed by atoms with Gasteiger partial charge < -0.3 is 19.7 Å². The molecule has 0 radical (unpaired) electrons. The minimum atomic E-state index is -0.143. The molecule has 0 atom stereocenters. The zero-order valence-electron chi connectivity index (χ0n) is 18.5. The maximum absolute atomic E-state index is 12.8. The molecular formula is C24H31N3O4. The summed E-state index contributed by atoms with van der Waals surface area (Å²) in [7, 11) is 0. The predicted octanol–water partition coefficient (Wildman–Crippen LogP) is 3.44. The molecule has 7 nitrogen and oxygen atoms in total. The largest absolute Gasteiger partial charge is 0.490 e. The molecule has 7 heteroatoms. The highest BCUT2D eigenvalue weighted by atomic mass is 16.5. The maximum Gasteiger partial charge on any atom is 0.251 e. The first-order valence-corrected chi connectivity index (χ1v) is 10.9. The molecule has 0 saturated carbocycles. The van der Waals surface area contributed by atoms with Crippen molar-refractivity contribution in [1.82, 2.24) is 15.2 Å². The number of likely N-dealkylation sites (tertiary alicyclic amines) is 1. The number of carbonyl (C=O) groups excluding carboxylic acids is 2. The summed E-state index contributed by atoms with van der Waals surface area (Å²) in [5, 5.41) is 3.09. The number of benzene rings is 1. The molecule has 2 heterocycles. The fourth-order valence-electron chi connectivity index (χ4n) is 3.56. The molecule has 1 saturated heterocycles. The van der Waals surface area contributed by atoms with Crippen LogP contribution in [0.1, 0.15) is 49.5 Å². The van der Waals surface area contributed by atoms with Gasteiger partial charge in [0.15, 0.2) is 11.5 Å². The Morgan fingerprint density at radius 3 is 2.45 bits per heavy atom. The number of ether oxygens (including phenoxy) is 2. The van der Waals surface area contributed by atoms with E-state index in [0.717, 1.165) is 18.4 Å². The Morgan fingerprint density at radius 1 is 1.10 bits per heavy atom. The van der Waals surface area contributed by atoms with Gasteiger partial charge in [-0.05, 0) is 55.7 Å². The van der Waals surface area contributed by atoms with Crippen molar-refractivity contribution in [2.45, 2.75) is 46.3 Å². The number of hydrogen-bond donors (Lipinski definition) is 1. The molecule has 3 rings (SSSR count). The molecule has 0 unspecified atom stereocenters. The lowest BCUT2D eigenvalue weighted by Gasteiger charge is -2.33. The third-order valence-corrected chi connectivity index (χ3v) is 5.29. The average Bonchev–Trinajstić information content (AvgIpc) is 2.79. The number of hydrogen-bond acceptors (Lipinski definition) is 5. The van der Waals surface area contributed by atoms with E-state index in [2.05, 4.69) is 10.3 Å². The fourth-order valence-corrected chi connectivity index (χ4v) is 3.56. The smallest absolute Gasteiger partial charge is 0.251 e. The van der Waals surface area contributed by atoms with Gasteiger partial charge in [0, 0.05) is 43.0 Å². The molecule has 31 heavy (non-hydrogen) atoms. The fraction of sp³-hybridized carbons (Fsp3) is 0.458. The van der Waals surface area contributed by atoms with Gasteiger partial charge in [-0.25, -0.2) is 0 Å². The van der Waals surface area contributed by atoms with E-state index in [1.54, 1.807) is 30.6 Å². The normalized spacial score (nSPS) is 14.4. The molecule has 0 bridgehead atoms. The lowest BCUT2D eigenvalue weighted by Crippen LogP contribution is -2.47. The topological polar surface area (TPSA) is 80.8 Å². The van der Waals surface area contributed by atoms with E-state index in [1.165, 1.54) is 0 Å². The monoisotopic (exact) mass is 425 g/mol. The number of pyridine rings is 1. The van der Waals surface area contributed by atoms with Crippen molar-refractivity contribution in [3.8, 4) is 11.5 Å². The summed E-state index contributed by atoms with van der Waals surface area (Å²) in [4.78, 5) is 30.8. The maximum atomic E-state index is 12.8. The summed E-state index contributed by atoms with van der Waals surface area (Å²) in [6.45, 7) is 7.93. The van der Waals surface area contributed by atoms with Crippen LogP contribution in [0.2, 0.25) is 0 Å². The van der Waals surface area contributed by atoms with Crippen LogP contribution < -0.4 is 14.8 Å². The Kier molecular flexibility index (Phi) is 7.87. The van der Waals surface area contributed by atoms with Crippen molar-refractivity contribution in [2.24, 2.45) is 5.92 Å². The summed E-state index contributed by atoms with van der Waals surface area (Å²) in [5.41, 5.74) is 1.53. The van der Waals surface area contributed by atoms with Gasteiger partial charge in [-0.15, -0.1) is 0 Å². The number of nitrogens with one attached hydrogen (secondary N) is 1. The second-order valence-electron chi connectivity index (χ2n) is 7.97. The van der Waals surface area contributed by atoms with Crippen LogP contribution in [0, 0.1) is 5.92 Å². The Hall–Kier alpha value is -3.09. The van der Waals surface area contributed by atoms with Gasteiger partial charge in [-0.1, -0.05) is 13.8 Å². The molecule has 2 aromatic rings. The van der Waals surface area contributed by atoms with E-state index in [0.29, 0.717) is 43.4 Å². The van der Waals surface area contributed by atoms with Gasteiger partial charge in [-0.3, -0.25) is 14.6 Å². The quantitative estimate of drug-likeness (QED) is 0.701. The van der Waals surface area contributed by atoms with Crippen molar-refractivity contribution in [2.75, 3.05) is 19.7 Å². The molecule has 1 N–H and O–H groups in total. The summed E-state index contributed by atoms with van der Waals surface area (Å²) in [6, 6.07) is 9.08. The van der Waals surface area contributed by atoms with Gasteiger partial charge in [0.25, 0.3) is 5.91 Å². The standard InChI is InChI=1S/C24H31N3O4/c1-4-30-22-15-19(5-6-21(22)31-16-18-7-11-25-12-8-18)23(28)26-20-9-13-27(14-10-20)24(29)17(2)3/h5-8,11-12,15,17,20H,4,9-10,13-14,16H2,1-3H3,(H,26,28). The molecule has 1 aliphatic rings. The van der Waals surface area contributed by atoms with E-state index < -0.39 is 0 Å². The van der Waals surface area contributed by atoms with E-state index >= 15 is 0 Å². The van der Waals surface area contributed by atoms with Crippen molar-refractivity contribution >= 4 is 11.8 Å². The predicted molar refractivity (Wildman–Crippen MR) is 118 cm³/mol. The van der Waals surface area contributed by atoms with Crippen molar-refractivity contribution < 1.29 is 19.1 Å². The minimum Gasteiger partial charge on any atom is -0.490 e. The first kappa shape index (κ1) is 22.6. The molecule has 1 aliphatic heterocycles. The SMILES string of the molecule is CCOc1cc(C(=O)NC2CCN(C(=O)C(C)C)CC2)ccc1OCc1ccncc1. The Balaban J connectivity index is 1.59. The molecule has 1 fully saturated rings. The van der Waals surface area contributed by atoms with Crippen molar-refractivity contribution in [3.05, 3.63) is 53.9 Å². The number of rotatable bonds is 8. The first-order valence-electron chi connectivity index (χ1n) is 10.9. The van der Waals surface area contributed by atoms with Gasteiger partial charge in [0.1, 0.15) is 6.61 Å². The van der Waals surface area contributed by atoms with Crippen LogP contribution in [-0.4, -0.2) is 47.4 Å². The number of amides is 2. The molecule has 2 amide bonds. The first-order chi connectivity index (χ1) is 15.0. The van der Waals surface area contributed by atoms with Gasteiger partial charge in [-0.2, -0.15) is 0 Å². The minimum absolute atomic E-state index is 0.00224. The van der Waals surface area contributed by atoms with Gasteiger partial charge in [0.05, 0.1) is 6.61 Å². The number of piperidine rings is 1. The molecular weight excluding hydrogens is 394 g/mol. The Bertz CT molecular complexity index is 878. The van der Waals surface area contributed by atoms with Crippen molar-refractivity contribution in [3.63, 3.8) is 0 Å². The van der Waals surface area contributed by atoms with Crippen LogP contribution in [0.5, 0.6) is 11.5 Å². The van der Waals surface area contributed by atoms with Crippen molar-refractivity contribution in [1.29, 1.82) is 0 Å². The van der Waals surface area contributed by atoms with E-state index in [1.807, 2.05) is 37.8 Å². The van der Waals surface area contributed by atoms with E-state index in [4.69, 9.17) is 9.47 Å². The lowest BCUT2D eigenvalue weighted by atomic mass is 10.0. The summed E-state index contributed by atoms with van der Waals surface area (Å²) < 4.78 is 11.6. The molecule has 0 aliphatic carbocycles. The molecule has 0 spiro atoms. The number of nitrogens with zero attached hydrogens (tertiary/aromatic N) is 2. The third-order valence-electron chi connectivity index (χ3n) is 5.29. The Morgan fingerprint density at radius 2 is 1.81 bits per heavy atom. The Labute approximate surface area is 183 Å². The van der Waals surface area contributed by atoms with Crippen LogP contribution in [0.15, 0.2) is 42.7 Å². The van der Waals surface area contributed by atoms with Crippen LogP contribution >= 0.6 is 0 Å².